The third-order valence-electron chi connectivity index (χ3n) is 1.50. The Morgan fingerprint density at radius 2 is 1.69 bits per heavy atom. The molecule has 0 unspecified atom stereocenters. The molecule has 0 radical (unpaired) electrons. The molecule has 0 saturated carbocycles. The molecule has 0 aliphatic heterocycles. The molecular weight excluding hydrogens is 178 g/mol. The summed E-state index contributed by atoms with van der Waals surface area (Å²) in [6.45, 7) is 12.9. The molecule has 0 atom stereocenters. The van der Waals surface area contributed by atoms with Crippen LogP contribution < -0.4 is 5.73 Å². The topological polar surface area (TPSA) is 26.0 Å². The smallest absolute Gasteiger partial charge is 0.0606 e. The minimum Gasteiger partial charge on any atom is -0.317 e. The van der Waals surface area contributed by atoms with Gasteiger partial charge in [-0.2, -0.15) is 0 Å². The van der Waals surface area contributed by atoms with Crippen LogP contribution in [0.3, 0.4) is 0 Å². The van der Waals surface area contributed by atoms with E-state index in [1.807, 2.05) is 13.8 Å². The standard InChI is InChI=1S/C11H23NS/c1-7-8-9(10(2,3)4)13-11(5,6)12/h8H,7,12H2,1-6H3/b9-8-. The Labute approximate surface area is 87.2 Å². The third kappa shape index (κ3) is 6.17. The van der Waals surface area contributed by atoms with Crippen LogP contribution in [0.1, 0.15) is 48.0 Å². The van der Waals surface area contributed by atoms with Gasteiger partial charge in [0, 0.05) is 0 Å². The van der Waals surface area contributed by atoms with E-state index in [1.165, 1.54) is 4.91 Å². The molecule has 0 amide bonds. The lowest BCUT2D eigenvalue weighted by Gasteiger charge is -2.28. The van der Waals surface area contributed by atoms with Crippen LogP contribution in [0.25, 0.3) is 0 Å². The molecule has 13 heavy (non-hydrogen) atoms. The first-order valence-electron chi connectivity index (χ1n) is 4.85. The second-order valence-corrected chi connectivity index (χ2v) is 6.63. The van der Waals surface area contributed by atoms with Crippen molar-refractivity contribution in [3.63, 3.8) is 0 Å². The van der Waals surface area contributed by atoms with Crippen LogP contribution in [0, 0.1) is 5.41 Å². The maximum Gasteiger partial charge on any atom is 0.0606 e. The summed E-state index contributed by atoms with van der Waals surface area (Å²) in [6, 6.07) is 0. The van der Waals surface area contributed by atoms with E-state index in [0.29, 0.717) is 0 Å². The maximum atomic E-state index is 5.99. The third-order valence-corrected chi connectivity index (χ3v) is 3.03. The Morgan fingerprint density at radius 1 is 1.23 bits per heavy atom. The average molecular weight is 201 g/mol. The van der Waals surface area contributed by atoms with Crippen molar-refractivity contribution >= 4 is 11.8 Å². The van der Waals surface area contributed by atoms with Crippen LogP contribution >= 0.6 is 11.8 Å². The van der Waals surface area contributed by atoms with Crippen molar-refractivity contribution < 1.29 is 0 Å². The first-order valence-corrected chi connectivity index (χ1v) is 5.67. The second kappa shape index (κ2) is 4.52. The van der Waals surface area contributed by atoms with E-state index in [4.69, 9.17) is 5.73 Å². The van der Waals surface area contributed by atoms with Crippen LogP contribution in [-0.2, 0) is 0 Å². The van der Waals surface area contributed by atoms with Gasteiger partial charge in [-0.15, -0.1) is 11.8 Å². The zero-order valence-corrected chi connectivity index (χ0v) is 10.6. The molecule has 78 valence electrons. The summed E-state index contributed by atoms with van der Waals surface area (Å²) in [4.78, 5) is 1.22. The lowest BCUT2D eigenvalue weighted by molar-refractivity contribution is 0.529. The molecule has 0 bridgehead atoms. The van der Waals surface area contributed by atoms with Crippen molar-refractivity contribution in [1.29, 1.82) is 0 Å². The fourth-order valence-electron chi connectivity index (χ4n) is 0.970. The van der Waals surface area contributed by atoms with Crippen molar-refractivity contribution in [2.24, 2.45) is 11.1 Å². The number of thioether (sulfide) groups is 1. The molecule has 0 aromatic carbocycles. The number of allylic oxidation sites excluding steroid dienone is 2. The van der Waals surface area contributed by atoms with Crippen LogP contribution in [-0.4, -0.2) is 4.87 Å². The quantitative estimate of drug-likeness (QED) is 0.704. The molecule has 0 spiro atoms. The lowest BCUT2D eigenvalue weighted by Crippen LogP contribution is -2.29. The molecule has 0 aliphatic rings. The van der Waals surface area contributed by atoms with Crippen LogP contribution in [0.15, 0.2) is 11.0 Å². The van der Waals surface area contributed by atoms with Gasteiger partial charge in [-0.25, -0.2) is 0 Å². The average Bonchev–Trinajstić information content (AvgIpc) is 1.81. The maximum absolute atomic E-state index is 5.99. The van der Waals surface area contributed by atoms with Crippen molar-refractivity contribution in [1.82, 2.24) is 0 Å². The highest BCUT2D eigenvalue weighted by molar-refractivity contribution is 8.04. The first-order chi connectivity index (χ1) is 5.67. The van der Waals surface area contributed by atoms with Crippen molar-refractivity contribution in [2.75, 3.05) is 0 Å². The number of rotatable bonds is 3. The van der Waals surface area contributed by atoms with E-state index in [2.05, 4.69) is 33.8 Å². The Kier molecular flexibility index (Phi) is 4.53. The predicted molar refractivity (Wildman–Crippen MR) is 63.7 cm³/mol. The van der Waals surface area contributed by atoms with E-state index in [0.717, 1.165) is 6.42 Å². The fraction of sp³-hybridized carbons (Fsp3) is 0.818. The summed E-state index contributed by atoms with van der Waals surface area (Å²) in [5.74, 6) is 0. The zero-order valence-electron chi connectivity index (χ0n) is 9.77. The highest BCUT2D eigenvalue weighted by atomic mass is 32.2. The highest BCUT2D eigenvalue weighted by Crippen LogP contribution is 2.39. The molecule has 0 aliphatic carbocycles. The van der Waals surface area contributed by atoms with Gasteiger partial charge in [-0.3, -0.25) is 0 Å². The van der Waals surface area contributed by atoms with E-state index in [9.17, 15) is 0 Å². The van der Waals surface area contributed by atoms with Gasteiger partial charge in [0.05, 0.1) is 4.87 Å². The van der Waals surface area contributed by atoms with Gasteiger partial charge in [0.2, 0.25) is 0 Å². The normalized spacial score (nSPS) is 14.8. The van der Waals surface area contributed by atoms with Crippen molar-refractivity contribution in [2.45, 2.75) is 52.8 Å². The van der Waals surface area contributed by atoms with Crippen LogP contribution in [0.4, 0.5) is 0 Å². The van der Waals surface area contributed by atoms with Gasteiger partial charge in [0.25, 0.3) is 0 Å². The van der Waals surface area contributed by atoms with E-state index >= 15 is 0 Å². The van der Waals surface area contributed by atoms with Gasteiger partial charge in [-0.1, -0.05) is 33.8 Å². The Balaban J connectivity index is 4.57. The SMILES string of the molecule is CC/C=C(\SC(C)(C)N)C(C)(C)C. The first kappa shape index (κ1) is 13.1. The summed E-state index contributed by atoms with van der Waals surface area (Å²) < 4.78 is 0. The zero-order chi connectivity index (χ0) is 10.7. The van der Waals surface area contributed by atoms with E-state index in [1.54, 1.807) is 11.8 Å². The van der Waals surface area contributed by atoms with E-state index < -0.39 is 0 Å². The fourth-order valence-corrected chi connectivity index (χ4v) is 2.09. The van der Waals surface area contributed by atoms with Gasteiger partial charge in [0.15, 0.2) is 0 Å². The molecule has 0 rings (SSSR count). The Morgan fingerprint density at radius 3 is 1.92 bits per heavy atom. The summed E-state index contributed by atoms with van der Waals surface area (Å²) >= 11 is 1.77. The number of nitrogens with two attached hydrogens (primary N) is 1. The number of hydrogen-bond donors (Lipinski definition) is 1. The van der Waals surface area contributed by atoms with Gasteiger partial charge >= 0.3 is 0 Å². The van der Waals surface area contributed by atoms with Gasteiger partial charge in [-0.05, 0) is 30.6 Å². The largest absolute Gasteiger partial charge is 0.317 e. The summed E-state index contributed by atoms with van der Waals surface area (Å²) in [6.07, 6.45) is 3.36. The van der Waals surface area contributed by atoms with Gasteiger partial charge < -0.3 is 5.73 Å². The molecule has 2 heteroatoms. The minimum absolute atomic E-state index is 0.172. The molecule has 0 heterocycles. The molecule has 1 nitrogen and oxygen atoms in total. The molecule has 2 N–H and O–H groups in total. The second-order valence-electron chi connectivity index (χ2n) is 4.93. The molecular formula is C11H23NS. The van der Waals surface area contributed by atoms with Gasteiger partial charge in [0.1, 0.15) is 0 Å². The van der Waals surface area contributed by atoms with Crippen LogP contribution in [0.5, 0.6) is 0 Å². The predicted octanol–water partition coefficient (Wildman–Crippen LogP) is 3.75. The molecule has 0 fully saturated rings. The Hall–Kier alpha value is 0.0500. The summed E-state index contributed by atoms with van der Waals surface area (Å²) in [5, 5.41) is 0. The minimum atomic E-state index is -0.172. The monoisotopic (exact) mass is 201 g/mol. The molecule has 0 saturated heterocycles. The lowest BCUT2D eigenvalue weighted by atomic mass is 9.95. The Bertz CT molecular complexity index is 181. The van der Waals surface area contributed by atoms with Crippen molar-refractivity contribution in [3.05, 3.63) is 11.0 Å². The molecule has 0 aromatic heterocycles. The molecule has 0 aromatic rings. The number of hydrogen-bond acceptors (Lipinski definition) is 2. The summed E-state index contributed by atoms with van der Waals surface area (Å²) in [5.41, 5.74) is 6.21. The summed E-state index contributed by atoms with van der Waals surface area (Å²) in [7, 11) is 0. The van der Waals surface area contributed by atoms with E-state index in [-0.39, 0.29) is 10.3 Å². The highest BCUT2D eigenvalue weighted by Gasteiger charge is 2.23. The van der Waals surface area contributed by atoms with Crippen LogP contribution in [0.2, 0.25) is 0 Å². The van der Waals surface area contributed by atoms with Crippen molar-refractivity contribution in [3.8, 4) is 0 Å².